The lowest BCUT2D eigenvalue weighted by Crippen LogP contribution is -2.32. The number of rotatable bonds is 4. The molecule has 1 aliphatic heterocycles. The number of nitrogens with zero attached hydrogens (tertiary/aromatic N) is 1. The van der Waals surface area contributed by atoms with Crippen molar-refractivity contribution < 1.29 is 9.90 Å². The smallest absolute Gasteiger partial charge is 0.310 e. The van der Waals surface area contributed by atoms with Crippen LogP contribution in [0, 0.1) is 5.41 Å². The van der Waals surface area contributed by atoms with Crippen molar-refractivity contribution in [2.75, 3.05) is 19.6 Å². The van der Waals surface area contributed by atoms with Gasteiger partial charge in [0.1, 0.15) is 0 Å². The zero-order valence-electron chi connectivity index (χ0n) is 13.6. The quantitative estimate of drug-likeness (QED) is 0.924. The van der Waals surface area contributed by atoms with Gasteiger partial charge in [-0.25, -0.2) is 0 Å². The fourth-order valence-electron chi connectivity index (χ4n) is 2.88. The van der Waals surface area contributed by atoms with Gasteiger partial charge in [0.2, 0.25) is 0 Å². The first-order chi connectivity index (χ1) is 9.71. The number of hydrogen-bond acceptors (Lipinski definition) is 2. The van der Waals surface area contributed by atoms with Gasteiger partial charge in [-0.05, 0) is 42.9 Å². The fraction of sp³-hybridized carbons (Fsp3) is 0.611. The van der Waals surface area contributed by atoms with Crippen LogP contribution in [0.15, 0.2) is 24.3 Å². The molecule has 21 heavy (non-hydrogen) atoms. The van der Waals surface area contributed by atoms with Crippen LogP contribution in [0.4, 0.5) is 0 Å². The molecule has 1 aromatic rings. The van der Waals surface area contributed by atoms with Gasteiger partial charge < -0.3 is 10.0 Å². The summed E-state index contributed by atoms with van der Waals surface area (Å²) in [4.78, 5) is 13.5. The van der Waals surface area contributed by atoms with Gasteiger partial charge in [-0.1, -0.05) is 45.0 Å². The predicted octanol–water partition coefficient (Wildman–Crippen LogP) is 3.32. The van der Waals surface area contributed by atoms with Gasteiger partial charge in [0.15, 0.2) is 0 Å². The lowest BCUT2D eigenvalue weighted by atomic mass is 9.86. The second-order valence-electron chi connectivity index (χ2n) is 7.59. The second kappa shape index (κ2) is 5.80. The van der Waals surface area contributed by atoms with Gasteiger partial charge in [0.25, 0.3) is 0 Å². The number of carbonyl (C=O) groups is 1. The van der Waals surface area contributed by atoms with Crippen molar-refractivity contribution >= 4 is 5.97 Å². The minimum absolute atomic E-state index is 0.191. The SMILES string of the molecule is CC1(C(=O)O)CCN(CCc2ccc(C(C)(C)C)cc2)C1. The van der Waals surface area contributed by atoms with Crippen LogP contribution < -0.4 is 0 Å². The third-order valence-corrected chi connectivity index (χ3v) is 4.61. The molecule has 1 aliphatic rings. The summed E-state index contributed by atoms with van der Waals surface area (Å²) < 4.78 is 0. The maximum atomic E-state index is 11.2. The van der Waals surface area contributed by atoms with Gasteiger partial charge in [0, 0.05) is 13.1 Å². The number of aliphatic carboxylic acids is 1. The van der Waals surface area contributed by atoms with Crippen LogP contribution in [0.1, 0.15) is 45.2 Å². The molecule has 3 nitrogen and oxygen atoms in total. The number of benzene rings is 1. The van der Waals surface area contributed by atoms with Crippen LogP contribution in [-0.2, 0) is 16.6 Å². The Bertz CT molecular complexity index is 501. The predicted molar refractivity (Wildman–Crippen MR) is 85.6 cm³/mol. The van der Waals surface area contributed by atoms with E-state index in [1.165, 1.54) is 11.1 Å². The van der Waals surface area contributed by atoms with Crippen LogP contribution in [0.2, 0.25) is 0 Å². The van der Waals surface area contributed by atoms with Crippen LogP contribution in [0.25, 0.3) is 0 Å². The van der Waals surface area contributed by atoms with Crippen molar-refractivity contribution in [1.29, 1.82) is 0 Å². The van der Waals surface area contributed by atoms with E-state index in [9.17, 15) is 9.90 Å². The summed E-state index contributed by atoms with van der Waals surface area (Å²) in [7, 11) is 0. The third kappa shape index (κ3) is 3.85. The molecule has 0 aromatic heterocycles. The topological polar surface area (TPSA) is 40.5 Å². The van der Waals surface area contributed by atoms with Crippen molar-refractivity contribution in [3.05, 3.63) is 35.4 Å². The van der Waals surface area contributed by atoms with E-state index in [4.69, 9.17) is 0 Å². The highest BCUT2D eigenvalue weighted by atomic mass is 16.4. The number of likely N-dealkylation sites (tertiary alicyclic amines) is 1. The molecule has 1 atom stereocenters. The third-order valence-electron chi connectivity index (χ3n) is 4.61. The van der Waals surface area contributed by atoms with Crippen LogP contribution in [0.3, 0.4) is 0 Å². The standard InChI is InChI=1S/C18H27NO2/c1-17(2,3)15-7-5-14(6-8-15)9-11-19-12-10-18(4,13-19)16(20)21/h5-8H,9-13H2,1-4H3,(H,20,21). The first-order valence-electron chi connectivity index (χ1n) is 7.76. The second-order valence-corrected chi connectivity index (χ2v) is 7.59. The first-order valence-corrected chi connectivity index (χ1v) is 7.76. The molecule has 1 heterocycles. The molecule has 3 heteroatoms. The summed E-state index contributed by atoms with van der Waals surface area (Å²) in [6.45, 7) is 11.0. The summed E-state index contributed by atoms with van der Waals surface area (Å²) in [6, 6.07) is 8.82. The molecule has 1 N–H and O–H groups in total. The average Bonchev–Trinajstić information content (AvgIpc) is 2.79. The molecule has 1 fully saturated rings. The summed E-state index contributed by atoms with van der Waals surface area (Å²) in [5.41, 5.74) is 2.31. The normalized spacial score (nSPS) is 23.4. The summed E-state index contributed by atoms with van der Waals surface area (Å²) in [5.74, 6) is -0.667. The van der Waals surface area contributed by atoms with Crippen LogP contribution in [-0.4, -0.2) is 35.6 Å². The van der Waals surface area contributed by atoms with Gasteiger partial charge >= 0.3 is 5.97 Å². The molecule has 0 saturated carbocycles. The van der Waals surface area contributed by atoms with E-state index in [2.05, 4.69) is 49.9 Å². The largest absolute Gasteiger partial charge is 0.481 e. The van der Waals surface area contributed by atoms with Gasteiger partial charge in [-0.2, -0.15) is 0 Å². The Morgan fingerprint density at radius 3 is 2.38 bits per heavy atom. The molecule has 2 rings (SSSR count). The zero-order chi connectivity index (χ0) is 15.7. The first kappa shape index (κ1) is 16.0. The Morgan fingerprint density at radius 2 is 1.90 bits per heavy atom. The van der Waals surface area contributed by atoms with E-state index in [0.717, 1.165) is 25.9 Å². The van der Waals surface area contributed by atoms with Crippen LogP contribution in [0.5, 0.6) is 0 Å². The lowest BCUT2D eigenvalue weighted by molar-refractivity contribution is -0.147. The number of carboxylic acids is 1. The summed E-state index contributed by atoms with van der Waals surface area (Å²) in [6.07, 6.45) is 1.74. The van der Waals surface area contributed by atoms with Crippen molar-refractivity contribution in [3.8, 4) is 0 Å². The Hall–Kier alpha value is -1.35. The lowest BCUT2D eigenvalue weighted by Gasteiger charge is -2.21. The monoisotopic (exact) mass is 289 g/mol. The van der Waals surface area contributed by atoms with E-state index < -0.39 is 11.4 Å². The van der Waals surface area contributed by atoms with E-state index >= 15 is 0 Å². The van der Waals surface area contributed by atoms with E-state index in [0.29, 0.717) is 6.54 Å². The van der Waals surface area contributed by atoms with E-state index in [1.807, 2.05) is 6.92 Å². The Labute approximate surface area is 128 Å². The molecule has 1 unspecified atom stereocenters. The fourth-order valence-corrected chi connectivity index (χ4v) is 2.88. The number of carboxylic acid groups (broad SMARTS) is 1. The van der Waals surface area contributed by atoms with Crippen LogP contribution >= 0.6 is 0 Å². The molecule has 0 radical (unpaired) electrons. The van der Waals surface area contributed by atoms with Crippen molar-refractivity contribution in [1.82, 2.24) is 4.90 Å². The molecule has 1 aromatic carbocycles. The maximum Gasteiger partial charge on any atom is 0.310 e. The minimum atomic E-state index is -0.667. The Kier molecular flexibility index (Phi) is 4.43. The molecular weight excluding hydrogens is 262 g/mol. The molecular formula is C18H27NO2. The van der Waals surface area contributed by atoms with Gasteiger partial charge in [-0.15, -0.1) is 0 Å². The van der Waals surface area contributed by atoms with Crippen molar-refractivity contribution in [2.45, 2.75) is 46.0 Å². The van der Waals surface area contributed by atoms with E-state index in [-0.39, 0.29) is 5.41 Å². The highest BCUT2D eigenvalue weighted by Crippen LogP contribution is 2.30. The van der Waals surface area contributed by atoms with Crippen molar-refractivity contribution in [2.24, 2.45) is 5.41 Å². The van der Waals surface area contributed by atoms with Crippen molar-refractivity contribution in [3.63, 3.8) is 0 Å². The molecule has 0 spiro atoms. The Morgan fingerprint density at radius 1 is 1.29 bits per heavy atom. The highest BCUT2D eigenvalue weighted by Gasteiger charge is 2.39. The zero-order valence-corrected chi connectivity index (χ0v) is 13.6. The number of hydrogen-bond donors (Lipinski definition) is 1. The summed E-state index contributed by atoms with van der Waals surface area (Å²) >= 11 is 0. The maximum absolute atomic E-state index is 11.2. The highest BCUT2D eigenvalue weighted by molar-refractivity contribution is 5.74. The van der Waals surface area contributed by atoms with Gasteiger partial charge in [-0.3, -0.25) is 4.79 Å². The molecule has 116 valence electrons. The van der Waals surface area contributed by atoms with E-state index in [1.54, 1.807) is 0 Å². The Balaban J connectivity index is 1.89. The molecule has 0 bridgehead atoms. The molecule has 0 amide bonds. The molecule has 1 saturated heterocycles. The minimum Gasteiger partial charge on any atom is -0.481 e. The van der Waals surface area contributed by atoms with Gasteiger partial charge in [0.05, 0.1) is 5.41 Å². The average molecular weight is 289 g/mol. The summed E-state index contributed by atoms with van der Waals surface area (Å²) in [5, 5.41) is 9.26. The molecule has 0 aliphatic carbocycles.